The van der Waals surface area contributed by atoms with E-state index in [9.17, 15) is 0 Å². The van der Waals surface area contributed by atoms with Crippen LogP contribution in [-0.4, -0.2) is 15.0 Å². The van der Waals surface area contributed by atoms with Gasteiger partial charge in [-0.15, -0.1) is 11.3 Å². The highest BCUT2D eigenvalue weighted by atomic mass is 32.1. The maximum atomic E-state index is 5.49. The number of benzene rings is 1. The molecule has 0 aliphatic heterocycles. The van der Waals surface area contributed by atoms with E-state index in [4.69, 9.17) is 5.84 Å². The fraction of sp³-hybridized carbons (Fsp3) is 0. The molecule has 0 unspecified atom stereocenters. The molecule has 6 heteroatoms. The molecule has 0 spiro atoms. The summed E-state index contributed by atoms with van der Waals surface area (Å²) in [5.41, 5.74) is 5.22. The molecule has 0 bridgehead atoms. The predicted molar refractivity (Wildman–Crippen MR) is 68.5 cm³/mol. The minimum Gasteiger partial charge on any atom is -0.308 e. The monoisotopic (exact) mass is 243 g/mol. The molecular formula is C11H9N5S. The van der Waals surface area contributed by atoms with Crippen molar-refractivity contribution in [2.75, 3.05) is 5.43 Å². The lowest BCUT2D eigenvalue weighted by Gasteiger charge is -2.06. The van der Waals surface area contributed by atoms with Crippen molar-refractivity contribution in [3.8, 4) is 10.7 Å². The molecule has 0 saturated carbocycles. The van der Waals surface area contributed by atoms with Crippen LogP contribution in [0.15, 0.2) is 36.0 Å². The van der Waals surface area contributed by atoms with E-state index in [1.165, 1.54) is 11.3 Å². The van der Waals surface area contributed by atoms with E-state index in [0.29, 0.717) is 11.6 Å². The number of para-hydroxylation sites is 1. The van der Waals surface area contributed by atoms with Crippen LogP contribution in [-0.2, 0) is 0 Å². The number of thiazole rings is 1. The average molecular weight is 243 g/mol. The van der Waals surface area contributed by atoms with Crippen molar-refractivity contribution in [2.24, 2.45) is 5.84 Å². The van der Waals surface area contributed by atoms with E-state index in [1.54, 1.807) is 11.7 Å². The Kier molecular flexibility index (Phi) is 2.43. The Hall–Kier alpha value is -2.05. The number of aromatic nitrogens is 3. The Morgan fingerprint density at radius 1 is 1.18 bits per heavy atom. The molecule has 0 fully saturated rings. The molecule has 0 saturated heterocycles. The number of fused-ring (bicyclic) bond motifs is 1. The lowest BCUT2D eigenvalue weighted by Crippen LogP contribution is -2.10. The molecule has 1 aromatic carbocycles. The second-order valence-electron chi connectivity index (χ2n) is 3.42. The van der Waals surface area contributed by atoms with Gasteiger partial charge < -0.3 is 5.43 Å². The molecule has 5 nitrogen and oxygen atoms in total. The van der Waals surface area contributed by atoms with Gasteiger partial charge in [0.1, 0.15) is 0 Å². The SMILES string of the molecule is NNc1nc(-c2cncs2)nc2ccccc12. The van der Waals surface area contributed by atoms with Crippen molar-refractivity contribution in [1.82, 2.24) is 15.0 Å². The first-order valence-corrected chi connectivity index (χ1v) is 5.89. The van der Waals surface area contributed by atoms with Crippen LogP contribution in [0.2, 0.25) is 0 Å². The molecule has 0 aliphatic rings. The summed E-state index contributed by atoms with van der Waals surface area (Å²) < 4.78 is 0. The molecular weight excluding hydrogens is 234 g/mol. The quantitative estimate of drug-likeness (QED) is 0.532. The number of rotatable bonds is 2. The van der Waals surface area contributed by atoms with Crippen molar-refractivity contribution in [3.63, 3.8) is 0 Å². The Morgan fingerprint density at radius 3 is 2.82 bits per heavy atom. The van der Waals surface area contributed by atoms with E-state index in [2.05, 4.69) is 20.4 Å². The number of hydrazine groups is 1. The third kappa shape index (κ3) is 1.73. The Morgan fingerprint density at radius 2 is 2.06 bits per heavy atom. The summed E-state index contributed by atoms with van der Waals surface area (Å²) in [4.78, 5) is 13.8. The summed E-state index contributed by atoms with van der Waals surface area (Å²) in [6.45, 7) is 0. The zero-order valence-electron chi connectivity index (χ0n) is 8.79. The first-order valence-electron chi connectivity index (χ1n) is 5.01. The molecule has 0 amide bonds. The number of anilines is 1. The van der Waals surface area contributed by atoms with Crippen LogP contribution in [0.1, 0.15) is 0 Å². The zero-order chi connectivity index (χ0) is 11.7. The highest BCUT2D eigenvalue weighted by Crippen LogP contribution is 2.25. The first kappa shape index (κ1) is 10.1. The van der Waals surface area contributed by atoms with Crippen LogP contribution >= 0.6 is 11.3 Å². The number of nitrogens with two attached hydrogens (primary N) is 1. The number of hydrogen-bond acceptors (Lipinski definition) is 6. The first-order chi connectivity index (χ1) is 8.38. The van der Waals surface area contributed by atoms with Crippen molar-refractivity contribution < 1.29 is 0 Å². The number of nitrogens with zero attached hydrogens (tertiary/aromatic N) is 3. The third-order valence-electron chi connectivity index (χ3n) is 2.39. The second-order valence-corrected chi connectivity index (χ2v) is 4.31. The van der Waals surface area contributed by atoms with Crippen molar-refractivity contribution in [2.45, 2.75) is 0 Å². The lowest BCUT2D eigenvalue weighted by atomic mass is 10.2. The number of nitrogen functional groups attached to an aromatic ring is 1. The summed E-state index contributed by atoms with van der Waals surface area (Å²) in [7, 11) is 0. The number of nitrogens with one attached hydrogen (secondary N) is 1. The van der Waals surface area contributed by atoms with Crippen molar-refractivity contribution in [1.29, 1.82) is 0 Å². The Labute approximate surface area is 101 Å². The second kappa shape index (κ2) is 4.08. The molecule has 2 heterocycles. The van der Waals surface area contributed by atoms with Gasteiger partial charge in [0.2, 0.25) is 0 Å². The predicted octanol–water partition coefficient (Wildman–Crippen LogP) is 2.04. The van der Waals surface area contributed by atoms with Gasteiger partial charge in [0, 0.05) is 11.6 Å². The zero-order valence-corrected chi connectivity index (χ0v) is 9.61. The van der Waals surface area contributed by atoms with E-state index in [0.717, 1.165) is 15.8 Å². The molecule has 0 atom stereocenters. The molecule has 3 N–H and O–H groups in total. The van der Waals surface area contributed by atoms with Gasteiger partial charge in [-0.2, -0.15) is 0 Å². The fourth-order valence-electron chi connectivity index (χ4n) is 1.62. The van der Waals surface area contributed by atoms with Gasteiger partial charge in [-0.1, -0.05) is 12.1 Å². The van der Waals surface area contributed by atoms with E-state index >= 15 is 0 Å². The Balaban J connectivity index is 2.28. The van der Waals surface area contributed by atoms with Gasteiger partial charge in [-0.05, 0) is 12.1 Å². The van der Waals surface area contributed by atoms with Crippen LogP contribution in [0.3, 0.4) is 0 Å². The van der Waals surface area contributed by atoms with Crippen LogP contribution in [0, 0.1) is 0 Å². The van der Waals surface area contributed by atoms with Crippen LogP contribution in [0.25, 0.3) is 21.6 Å². The van der Waals surface area contributed by atoms with Crippen molar-refractivity contribution in [3.05, 3.63) is 36.0 Å². The maximum absolute atomic E-state index is 5.49. The summed E-state index contributed by atoms with van der Waals surface area (Å²) in [6.07, 6.45) is 1.75. The minimum atomic E-state index is 0.624. The van der Waals surface area contributed by atoms with Gasteiger partial charge in [-0.3, -0.25) is 4.98 Å². The van der Waals surface area contributed by atoms with Gasteiger partial charge >= 0.3 is 0 Å². The van der Waals surface area contributed by atoms with Gasteiger partial charge in [0.15, 0.2) is 11.6 Å². The average Bonchev–Trinajstić information content (AvgIpc) is 2.91. The van der Waals surface area contributed by atoms with Gasteiger partial charge in [0.05, 0.1) is 15.9 Å². The van der Waals surface area contributed by atoms with Crippen LogP contribution < -0.4 is 11.3 Å². The molecule has 84 valence electrons. The van der Waals surface area contributed by atoms with Gasteiger partial charge in [0.25, 0.3) is 0 Å². The van der Waals surface area contributed by atoms with Gasteiger partial charge in [-0.25, -0.2) is 15.8 Å². The standard InChI is InChI=1S/C11H9N5S/c12-16-10-7-3-1-2-4-8(7)14-11(15-10)9-5-13-6-17-9/h1-6H,12H2,(H,14,15,16). The summed E-state index contributed by atoms with van der Waals surface area (Å²) in [5, 5.41) is 0.906. The summed E-state index contributed by atoms with van der Waals surface area (Å²) in [6, 6.07) is 7.73. The largest absolute Gasteiger partial charge is 0.308 e. The minimum absolute atomic E-state index is 0.624. The van der Waals surface area contributed by atoms with E-state index in [1.807, 2.05) is 24.3 Å². The highest BCUT2D eigenvalue weighted by molar-refractivity contribution is 7.13. The molecule has 3 rings (SSSR count). The fourth-order valence-corrected chi connectivity index (χ4v) is 2.18. The third-order valence-corrected chi connectivity index (χ3v) is 3.16. The van der Waals surface area contributed by atoms with Crippen LogP contribution in [0.4, 0.5) is 5.82 Å². The molecule has 0 radical (unpaired) electrons. The van der Waals surface area contributed by atoms with Crippen molar-refractivity contribution >= 4 is 28.1 Å². The smallest absolute Gasteiger partial charge is 0.173 e. The molecule has 3 aromatic rings. The highest BCUT2D eigenvalue weighted by Gasteiger charge is 2.08. The topological polar surface area (TPSA) is 76.7 Å². The maximum Gasteiger partial charge on any atom is 0.173 e. The van der Waals surface area contributed by atoms with E-state index < -0.39 is 0 Å². The Bertz CT molecular complexity index is 650. The summed E-state index contributed by atoms with van der Waals surface area (Å²) in [5.74, 6) is 6.75. The molecule has 0 aliphatic carbocycles. The van der Waals surface area contributed by atoms with E-state index in [-0.39, 0.29) is 0 Å². The summed E-state index contributed by atoms with van der Waals surface area (Å²) >= 11 is 1.50. The molecule has 17 heavy (non-hydrogen) atoms. The molecule has 2 aromatic heterocycles. The number of hydrogen-bond donors (Lipinski definition) is 2. The lowest BCUT2D eigenvalue weighted by molar-refractivity contribution is 1.19. The van der Waals surface area contributed by atoms with Crippen LogP contribution in [0.5, 0.6) is 0 Å². The normalized spacial score (nSPS) is 10.6.